The first-order valence-corrected chi connectivity index (χ1v) is 10.2. The lowest BCUT2D eigenvalue weighted by Gasteiger charge is -2.27. The van der Waals surface area contributed by atoms with E-state index in [1.54, 1.807) is 4.57 Å². The van der Waals surface area contributed by atoms with E-state index >= 15 is 4.39 Å². The summed E-state index contributed by atoms with van der Waals surface area (Å²) in [7, 11) is 0. The average molecular weight is 414 g/mol. The topological polar surface area (TPSA) is 111 Å². The third-order valence-electron chi connectivity index (χ3n) is 6.49. The molecule has 3 N–H and O–H groups in total. The van der Waals surface area contributed by atoms with Gasteiger partial charge >= 0.3 is 6.16 Å². The predicted molar refractivity (Wildman–Crippen MR) is 108 cm³/mol. The van der Waals surface area contributed by atoms with Gasteiger partial charge in [0.05, 0.1) is 11.6 Å². The lowest BCUT2D eigenvalue weighted by Crippen LogP contribution is -2.30. The van der Waals surface area contributed by atoms with Gasteiger partial charge in [-0.15, -0.1) is 0 Å². The second-order valence-electron chi connectivity index (χ2n) is 8.39. The summed E-state index contributed by atoms with van der Waals surface area (Å²) in [5.41, 5.74) is 5.62. The van der Waals surface area contributed by atoms with Crippen LogP contribution in [0.15, 0.2) is 29.2 Å². The van der Waals surface area contributed by atoms with E-state index in [1.165, 1.54) is 6.20 Å². The molecule has 1 saturated heterocycles. The Morgan fingerprint density at radius 3 is 2.87 bits per heavy atom. The Hall–Kier alpha value is -2.94. The molecular weight excluding hydrogens is 391 g/mol. The number of nitrogens with two attached hydrogens (primary N) is 1. The van der Waals surface area contributed by atoms with Gasteiger partial charge in [0.15, 0.2) is 17.4 Å². The molecule has 158 valence electrons. The highest BCUT2D eigenvalue weighted by molar-refractivity contribution is 5.80. The van der Waals surface area contributed by atoms with Crippen LogP contribution in [-0.4, -0.2) is 40.4 Å². The first-order chi connectivity index (χ1) is 14.5. The molecule has 0 amide bonds. The van der Waals surface area contributed by atoms with E-state index in [9.17, 15) is 9.59 Å². The lowest BCUT2D eigenvalue weighted by atomic mass is 9.78. The van der Waals surface area contributed by atoms with E-state index in [-0.39, 0.29) is 23.0 Å². The Morgan fingerprint density at radius 1 is 1.37 bits per heavy atom. The average Bonchev–Trinajstić information content (AvgIpc) is 3.47. The zero-order valence-electron chi connectivity index (χ0n) is 16.3. The molecule has 3 atom stereocenters. The number of ether oxygens (including phenoxy) is 1. The number of nitrogens with zero attached hydrogens (tertiary/aromatic N) is 3. The van der Waals surface area contributed by atoms with Crippen molar-refractivity contribution in [2.24, 2.45) is 23.5 Å². The standard InChI is InChI=1S/C21H23FN4O4/c22-16-6-14-18(27)17(30-21(28)29)10-26(13-4-5-13)19(14)24-20(16)25-8-12-3-1-2-11(7-23)15(12)9-25/h1,3,6,10-13,15H,2,4-5,7-9,23H2,(H,28,29). The second kappa shape index (κ2) is 7.09. The molecule has 5 rings (SSSR count). The van der Waals surface area contributed by atoms with Crippen LogP contribution in [0, 0.1) is 23.6 Å². The molecular formula is C21H23FN4O4. The first kappa shape index (κ1) is 19.0. The fraction of sp³-hybridized carbons (Fsp3) is 0.476. The van der Waals surface area contributed by atoms with E-state index in [2.05, 4.69) is 21.9 Å². The number of pyridine rings is 2. The van der Waals surface area contributed by atoms with Crippen LogP contribution >= 0.6 is 0 Å². The van der Waals surface area contributed by atoms with E-state index in [4.69, 9.17) is 10.8 Å². The summed E-state index contributed by atoms with van der Waals surface area (Å²) in [6.07, 6.45) is 6.84. The van der Waals surface area contributed by atoms with Crippen molar-refractivity contribution < 1.29 is 19.0 Å². The molecule has 2 aromatic heterocycles. The van der Waals surface area contributed by atoms with Gasteiger partial charge in [-0.3, -0.25) is 4.79 Å². The molecule has 0 radical (unpaired) electrons. The highest BCUT2D eigenvalue weighted by Gasteiger charge is 2.39. The Balaban J connectivity index is 1.59. The minimum absolute atomic E-state index is 0.0262. The summed E-state index contributed by atoms with van der Waals surface area (Å²) in [5.74, 6) is 0.325. The molecule has 0 aromatic carbocycles. The van der Waals surface area contributed by atoms with Crippen molar-refractivity contribution in [2.45, 2.75) is 25.3 Å². The van der Waals surface area contributed by atoms with Crippen LogP contribution in [0.2, 0.25) is 0 Å². The molecule has 9 heteroatoms. The van der Waals surface area contributed by atoms with Crippen LogP contribution < -0.4 is 20.8 Å². The fourth-order valence-corrected chi connectivity index (χ4v) is 4.84. The van der Waals surface area contributed by atoms with E-state index in [0.29, 0.717) is 43.0 Å². The minimum Gasteiger partial charge on any atom is -0.449 e. The van der Waals surface area contributed by atoms with E-state index in [0.717, 1.165) is 25.3 Å². The van der Waals surface area contributed by atoms with Crippen LogP contribution in [0.4, 0.5) is 15.0 Å². The number of hydrogen-bond donors (Lipinski definition) is 2. The molecule has 3 unspecified atom stereocenters. The Labute approximate surface area is 171 Å². The third-order valence-corrected chi connectivity index (χ3v) is 6.49. The maximum absolute atomic E-state index is 15.1. The summed E-state index contributed by atoms with van der Waals surface area (Å²) in [6, 6.07) is 1.26. The molecule has 0 spiro atoms. The van der Waals surface area contributed by atoms with Gasteiger partial charge in [0, 0.05) is 19.1 Å². The van der Waals surface area contributed by atoms with Crippen molar-refractivity contribution in [2.75, 3.05) is 24.5 Å². The zero-order chi connectivity index (χ0) is 21.0. The Bertz CT molecular complexity index is 1110. The van der Waals surface area contributed by atoms with Gasteiger partial charge in [-0.25, -0.2) is 14.2 Å². The number of allylic oxidation sites excluding steroid dienone is 1. The molecule has 2 aliphatic carbocycles. The SMILES string of the molecule is NCC1CC=CC2CN(c3nc4c(cc3F)c(=O)c(OC(=O)O)cn4C3CC3)CC21. The van der Waals surface area contributed by atoms with Crippen molar-refractivity contribution >= 4 is 23.0 Å². The van der Waals surface area contributed by atoms with Crippen molar-refractivity contribution in [3.8, 4) is 5.75 Å². The highest BCUT2D eigenvalue weighted by atomic mass is 19.1. The molecule has 0 bridgehead atoms. The van der Waals surface area contributed by atoms with Crippen LogP contribution in [-0.2, 0) is 0 Å². The van der Waals surface area contributed by atoms with Gasteiger partial charge in [-0.05, 0) is 49.6 Å². The Morgan fingerprint density at radius 2 is 2.17 bits per heavy atom. The summed E-state index contributed by atoms with van der Waals surface area (Å²) in [5, 5.41) is 8.94. The molecule has 30 heavy (non-hydrogen) atoms. The van der Waals surface area contributed by atoms with Gasteiger partial charge in [-0.1, -0.05) is 12.2 Å². The number of aromatic nitrogens is 2. The van der Waals surface area contributed by atoms with E-state index in [1.807, 2.05) is 4.90 Å². The van der Waals surface area contributed by atoms with Crippen molar-refractivity contribution in [1.29, 1.82) is 0 Å². The largest absolute Gasteiger partial charge is 0.511 e. The van der Waals surface area contributed by atoms with Crippen LogP contribution in [0.5, 0.6) is 5.75 Å². The van der Waals surface area contributed by atoms with E-state index < -0.39 is 17.4 Å². The van der Waals surface area contributed by atoms with Gasteiger partial charge in [-0.2, -0.15) is 0 Å². The number of fused-ring (bicyclic) bond motifs is 2. The molecule has 2 fully saturated rings. The van der Waals surface area contributed by atoms with Gasteiger partial charge < -0.3 is 25.0 Å². The fourth-order valence-electron chi connectivity index (χ4n) is 4.84. The summed E-state index contributed by atoms with van der Waals surface area (Å²) in [6.45, 7) is 1.92. The normalized spacial score (nSPS) is 25.5. The number of anilines is 1. The number of hydrogen-bond acceptors (Lipinski definition) is 6. The van der Waals surface area contributed by atoms with Crippen molar-refractivity contribution in [3.63, 3.8) is 0 Å². The van der Waals surface area contributed by atoms with Gasteiger partial charge in [0.2, 0.25) is 5.43 Å². The quantitative estimate of drug-likeness (QED) is 0.584. The zero-order valence-corrected chi connectivity index (χ0v) is 16.3. The number of carboxylic acid groups (broad SMARTS) is 1. The first-order valence-electron chi connectivity index (χ1n) is 10.2. The van der Waals surface area contributed by atoms with Crippen molar-refractivity contribution in [3.05, 3.63) is 40.5 Å². The smallest absolute Gasteiger partial charge is 0.449 e. The highest BCUT2D eigenvalue weighted by Crippen LogP contribution is 2.40. The molecule has 1 aliphatic heterocycles. The van der Waals surface area contributed by atoms with Crippen LogP contribution in [0.1, 0.15) is 25.3 Å². The maximum Gasteiger partial charge on any atom is 0.511 e. The molecule has 8 nitrogen and oxygen atoms in total. The molecule has 1 saturated carbocycles. The van der Waals surface area contributed by atoms with Gasteiger partial charge in [0.1, 0.15) is 5.65 Å². The van der Waals surface area contributed by atoms with Crippen molar-refractivity contribution in [1.82, 2.24) is 9.55 Å². The lowest BCUT2D eigenvalue weighted by molar-refractivity contribution is 0.143. The number of halogens is 1. The summed E-state index contributed by atoms with van der Waals surface area (Å²) < 4.78 is 21.5. The van der Waals surface area contributed by atoms with Crippen LogP contribution in [0.3, 0.4) is 0 Å². The molecule has 3 aliphatic rings. The summed E-state index contributed by atoms with van der Waals surface area (Å²) in [4.78, 5) is 30.1. The Kier molecular flexibility index (Phi) is 4.50. The second-order valence-corrected chi connectivity index (χ2v) is 8.39. The maximum atomic E-state index is 15.1. The van der Waals surface area contributed by atoms with Gasteiger partial charge in [0.25, 0.3) is 0 Å². The minimum atomic E-state index is -1.58. The third kappa shape index (κ3) is 3.13. The predicted octanol–water partition coefficient (Wildman–Crippen LogP) is 2.51. The number of rotatable bonds is 4. The van der Waals surface area contributed by atoms with Crippen LogP contribution in [0.25, 0.3) is 11.0 Å². The number of carbonyl (C=O) groups is 1. The monoisotopic (exact) mass is 414 g/mol. The summed E-state index contributed by atoms with van der Waals surface area (Å²) >= 11 is 0. The molecule has 2 aromatic rings. The molecule has 3 heterocycles.